The number of nitrogens with one attached hydrogen (secondary N) is 2. The van der Waals surface area contributed by atoms with Crippen LogP contribution in [0.25, 0.3) is 0 Å². The number of nitrogens with zero attached hydrogens (tertiary/aromatic N) is 3. The first-order valence-electron chi connectivity index (χ1n) is 10.4. The minimum atomic E-state index is 0. The predicted molar refractivity (Wildman–Crippen MR) is 134 cm³/mol. The Morgan fingerprint density at radius 1 is 1.07 bits per heavy atom. The van der Waals surface area contributed by atoms with Gasteiger partial charge in [0, 0.05) is 53.4 Å². The Labute approximate surface area is 198 Å². The molecule has 0 bridgehead atoms. The number of carbonyl (C=O) groups is 1. The summed E-state index contributed by atoms with van der Waals surface area (Å²) >= 11 is 0. The van der Waals surface area contributed by atoms with Gasteiger partial charge in [-0.25, -0.2) is 0 Å². The van der Waals surface area contributed by atoms with Gasteiger partial charge in [-0.1, -0.05) is 17.7 Å². The Morgan fingerprint density at radius 3 is 2.27 bits per heavy atom. The van der Waals surface area contributed by atoms with E-state index >= 15 is 0 Å². The summed E-state index contributed by atoms with van der Waals surface area (Å²) in [4.78, 5) is 20.9. The molecular formula is C22H38IN5O2. The second kappa shape index (κ2) is 13.8. The molecule has 1 aliphatic heterocycles. The summed E-state index contributed by atoms with van der Waals surface area (Å²) in [7, 11) is 3.47. The van der Waals surface area contributed by atoms with Gasteiger partial charge < -0.3 is 20.3 Å². The molecule has 0 spiro atoms. The number of guanidine groups is 1. The van der Waals surface area contributed by atoms with Crippen molar-refractivity contribution in [2.24, 2.45) is 4.99 Å². The third kappa shape index (κ3) is 8.39. The van der Waals surface area contributed by atoms with Crippen LogP contribution >= 0.6 is 24.0 Å². The number of aryl methyl sites for hydroxylation is 3. The summed E-state index contributed by atoms with van der Waals surface area (Å²) in [6, 6.07) is 4.50. The number of carbonyl (C=O) groups excluding carboxylic acids is 1. The molecule has 1 amide bonds. The number of ether oxygens (including phenoxy) is 1. The fourth-order valence-electron chi connectivity index (χ4n) is 3.91. The molecule has 0 saturated carbocycles. The molecule has 8 heteroatoms. The van der Waals surface area contributed by atoms with E-state index in [0.717, 1.165) is 45.1 Å². The van der Waals surface area contributed by atoms with E-state index in [1.54, 1.807) is 7.11 Å². The first-order valence-corrected chi connectivity index (χ1v) is 10.4. The van der Waals surface area contributed by atoms with E-state index in [4.69, 9.17) is 4.74 Å². The lowest BCUT2D eigenvalue weighted by Crippen LogP contribution is -2.54. The Kier molecular flexibility index (Phi) is 12.3. The lowest BCUT2D eigenvalue weighted by atomic mass is 9.97. The molecule has 0 aromatic heterocycles. The fraction of sp³-hybridized carbons (Fsp3) is 0.636. The molecule has 1 fully saturated rings. The zero-order valence-electron chi connectivity index (χ0n) is 19.1. The van der Waals surface area contributed by atoms with Crippen molar-refractivity contribution in [3.63, 3.8) is 0 Å². The third-order valence-corrected chi connectivity index (χ3v) is 5.38. The van der Waals surface area contributed by atoms with E-state index in [-0.39, 0.29) is 29.9 Å². The highest BCUT2D eigenvalue weighted by atomic mass is 127. The molecule has 0 atom stereocenters. The molecule has 1 aliphatic rings. The molecule has 170 valence electrons. The summed E-state index contributed by atoms with van der Waals surface area (Å²) in [5.41, 5.74) is 5.45. The molecule has 0 unspecified atom stereocenters. The standard InChI is InChI=1S/C22H37N5O2.HI/c1-17-14-18(2)20(19(3)15-17)6-7-25-22(23-4)27-11-9-26(10-12-27)16-21(28)24-8-13-29-5;/h14-15H,6-13,16H2,1-5H3,(H,23,25)(H,24,28);1H. The molecule has 1 aromatic carbocycles. The van der Waals surface area contributed by atoms with Crippen molar-refractivity contribution in [2.75, 3.05) is 66.6 Å². The molecule has 7 nitrogen and oxygen atoms in total. The van der Waals surface area contributed by atoms with Gasteiger partial charge >= 0.3 is 0 Å². The maximum absolute atomic E-state index is 12.0. The zero-order valence-corrected chi connectivity index (χ0v) is 21.4. The molecule has 0 aliphatic carbocycles. The van der Waals surface area contributed by atoms with Crippen LogP contribution in [-0.2, 0) is 16.0 Å². The number of halogens is 1. The van der Waals surface area contributed by atoms with E-state index in [9.17, 15) is 4.79 Å². The molecular weight excluding hydrogens is 493 g/mol. The van der Waals surface area contributed by atoms with E-state index in [1.807, 2.05) is 7.05 Å². The number of methoxy groups -OCH3 is 1. The van der Waals surface area contributed by atoms with Gasteiger partial charge in [0.1, 0.15) is 0 Å². The molecule has 30 heavy (non-hydrogen) atoms. The summed E-state index contributed by atoms with van der Waals surface area (Å²) in [6.07, 6.45) is 0.985. The summed E-state index contributed by atoms with van der Waals surface area (Å²) in [5, 5.41) is 6.39. The Bertz CT molecular complexity index is 680. The minimum absolute atomic E-state index is 0. The maximum Gasteiger partial charge on any atom is 0.234 e. The predicted octanol–water partition coefficient (Wildman–Crippen LogP) is 1.73. The molecule has 2 N–H and O–H groups in total. The average Bonchev–Trinajstić information content (AvgIpc) is 2.68. The van der Waals surface area contributed by atoms with E-state index in [1.165, 1.54) is 22.3 Å². The topological polar surface area (TPSA) is 69.2 Å². The van der Waals surface area contributed by atoms with Gasteiger partial charge in [0.15, 0.2) is 5.96 Å². The normalized spacial score (nSPS) is 15.0. The maximum atomic E-state index is 12.0. The highest BCUT2D eigenvalue weighted by molar-refractivity contribution is 14.0. The van der Waals surface area contributed by atoms with Gasteiger partial charge in [0.05, 0.1) is 13.2 Å². The van der Waals surface area contributed by atoms with Gasteiger partial charge in [-0.2, -0.15) is 0 Å². The number of amides is 1. The molecule has 0 radical (unpaired) electrons. The van der Waals surface area contributed by atoms with Crippen LogP contribution in [0.5, 0.6) is 0 Å². The lowest BCUT2D eigenvalue weighted by Gasteiger charge is -2.36. The van der Waals surface area contributed by atoms with Crippen molar-refractivity contribution in [1.29, 1.82) is 0 Å². The minimum Gasteiger partial charge on any atom is -0.383 e. The second-order valence-electron chi connectivity index (χ2n) is 7.71. The Balaban J connectivity index is 0.00000450. The van der Waals surface area contributed by atoms with Crippen LogP contribution in [0.15, 0.2) is 17.1 Å². The number of piperazine rings is 1. The number of hydrogen-bond donors (Lipinski definition) is 2. The number of hydrogen-bond acceptors (Lipinski definition) is 4. The number of aliphatic imine (C=N–C) groups is 1. The van der Waals surface area contributed by atoms with Crippen LogP contribution in [-0.4, -0.2) is 88.2 Å². The van der Waals surface area contributed by atoms with Gasteiger partial charge in [-0.15, -0.1) is 24.0 Å². The first kappa shape index (κ1) is 26.6. The number of benzene rings is 1. The highest BCUT2D eigenvalue weighted by Gasteiger charge is 2.21. The summed E-state index contributed by atoms with van der Waals surface area (Å²) in [5.74, 6) is 0.999. The van der Waals surface area contributed by atoms with Gasteiger partial charge in [-0.05, 0) is 43.9 Å². The molecule has 1 heterocycles. The van der Waals surface area contributed by atoms with Crippen LogP contribution < -0.4 is 10.6 Å². The van der Waals surface area contributed by atoms with Crippen LogP contribution in [0, 0.1) is 20.8 Å². The third-order valence-electron chi connectivity index (χ3n) is 5.38. The fourth-order valence-corrected chi connectivity index (χ4v) is 3.91. The Hall–Kier alpha value is -1.39. The van der Waals surface area contributed by atoms with Crippen molar-refractivity contribution in [2.45, 2.75) is 27.2 Å². The molecule has 1 aromatic rings. The molecule has 2 rings (SSSR count). The van der Waals surface area contributed by atoms with Crippen LogP contribution in [0.4, 0.5) is 0 Å². The van der Waals surface area contributed by atoms with Crippen LogP contribution in [0.1, 0.15) is 22.3 Å². The monoisotopic (exact) mass is 531 g/mol. The SMILES string of the molecule is CN=C(NCCc1c(C)cc(C)cc1C)N1CCN(CC(=O)NCCOC)CC1.I. The average molecular weight is 531 g/mol. The molecule has 1 saturated heterocycles. The number of rotatable bonds is 8. The van der Waals surface area contributed by atoms with Crippen LogP contribution in [0.2, 0.25) is 0 Å². The van der Waals surface area contributed by atoms with E-state index in [2.05, 4.69) is 58.3 Å². The smallest absolute Gasteiger partial charge is 0.234 e. The first-order chi connectivity index (χ1) is 13.9. The van der Waals surface area contributed by atoms with Crippen molar-refractivity contribution < 1.29 is 9.53 Å². The van der Waals surface area contributed by atoms with E-state index < -0.39 is 0 Å². The van der Waals surface area contributed by atoms with Crippen LogP contribution in [0.3, 0.4) is 0 Å². The highest BCUT2D eigenvalue weighted by Crippen LogP contribution is 2.16. The van der Waals surface area contributed by atoms with Crippen molar-refractivity contribution in [3.8, 4) is 0 Å². The van der Waals surface area contributed by atoms with Gasteiger partial charge in [0.2, 0.25) is 5.91 Å². The van der Waals surface area contributed by atoms with Crippen molar-refractivity contribution >= 4 is 35.8 Å². The van der Waals surface area contributed by atoms with Crippen molar-refractivity contribution in [3.05, 3.63) is 34.4 Å². The van der Waals surface area contributed by atoms with Gasteiger partial charge in [-0.3, -0.25) is 14.7 Å². The largest absolute Gasteiger partial charge is 0.383 e. The summed E-state index contributed by atoms with van der Waals surface area (Å²) < 4.78 is 4.96. The van der Waals surface area contributed by atoms with Gasteiger partial charge in [0.25, 0.3) is 0 Å². The zero-order chi connectivity index (χ0) is 21.2. The Morgan fingerprint density at radius 2 is 1.70 bits per heavy atom. The quantitative estimate of drug-likeness (QED) is 0.232. The van der Waals surface area contributed by atoms with Crippen molar-refractivity contribution in [1.82, 2.24) is 20.4 Å². The van der Waals surface area contributed by atoms with E-state index in [0.29, 0.717) is 19.7 Å². The lowest BCUT2D eigenvalue weighted by molar-refractivity contribution is -0.122. The summed E-state index contributed by atoms with van der Waals surface area (Å²) in [6.45, 7) is 12.4. The second-order valence-corrected chi connectivity index (χ2v) is 7.71.